The molecule has 0 aliphatic carbocycles. The number of phosphoric acid groups is 1. The van der Waals surface area contributed by atoms with Crippen molar-refractivity contribution in [2.24, 2.45) is 5.92 Å². The lowest BCUT2D eigenvalue weighted by molar-refractivity contribution is -0.143. The number of aromatic amines is 1. The first-order chi connectivity index (χ1) is 24.3. The van der Waals surface area contributed by atoms with Crippen molar-refractivity contribution in [3.8, 4) is 5.75 Å². The summed E-state index contributed by atoms with van der Waals surface area (Å²) in [5.74, 6) is -1.99. The van der Waals surface area contributed by atoms with Crippen LogP contribution in [0.15, 0.2) is 24.4 Å². The normalized spacial score (nSPS) is 14.5. The summed E-state index contributed by atoms with van der Waals surface area (Å²) in [6.45, 7) is 5.49. The third kappa shape index (κ3) is 15.5. The number of phosphoric ester groups is 1. The van der Waals surface area contributed by atoms with Gasteiger partial charge in [-0.1, -0.05) is 33.6 Å². The average Bonchev–Trinajstić information content (AvgIpc) is 3.49. The summed E-state index contributed by atoms with van der Waals surface area (Å²) < 4.78 is 37.3. The highest BCUT2D eigenvalue weighted by Crippen LogP contribution is 2.42. The van der Waals surface area contributed by atoms with E-state index in [1.54, 1.807) is 13.1 Å². The van der Waals surface area contributed by atoms with Gasteiger partial charge in [-0.3, -0.25) is 37.8 Å². The lowest BCUT2D eigenvalue weighted by atomic mass is 9.98. The van der Waals surface area contributed by atoms with E-state index in [-0.39, 0.29) is 50.9 Å². The molecular formula is C32H48N5O13P. The van der Waals surface area contributed by atoms with Crippen LogP contribution in [0.2, 0.25) is 0 Å². The van der Waals surface area contributed by atoms with E-state index in [2.05, 4.69) is 42.6 Å². The van der Waals surface area contributed by atoms with Crippen LogP contribution in [0.4, 0.5) is 0 Å². The number of aromatic nitrogens is 1. The van der Waals surface area contributed by atoms with Crippen LogP contribution in [-0.2, 0) is 58.3 Å². The number of nitrogens with one attached hydrogen (secondary N) is 5. The molecule has 1 heterocycles. The molecule has 0 fully saturated rings. The van der Waals surface area contributed by atoms with Gasteiger partial charge in [0.1, 0.15) is 24.4 Å². The second-order valence-electron chi connectivity index (χ2n) is 11.5. The van der Waals surface area contributed by atoms with Gasteiger partial charge in [-0.15, -0.1) is 0 Å². The summed E-state index contributed by atoms with van der Waals surface area (Å²) in [5, 5.41) is 10.8. The molecule has 1 aromatic heterocycles. The van der Waals surface area contributed by atoms with Gasteiger partial charge in [0.2, 0.25) is 23.6 Å². The topological polar surface area (TPSA) is 250 Å². The maximum absolute atomic E-state index is 13.1. The summed E-state index contributed by atoms with van der Waals surface area (Å²) in [7, 11) is -4.78. The quantitative estimate of drug-likeness (QED) is 0.0448. The van der Waals surface area contributed by atoms with E-state index < -0.39 is 56.9 Å². The molecule has 0 aliphatic rings. The molecule has 1 aromatic carbocycles. The number of ether oxygens (including phenoxy) is 3. The predicted octanol–water partition coefficient (Wildman–Crippen LogP) is 1.01. The zero-order valence-corrected chi connectivity index (χ0v) is 30.0. The van der Waals surface area contributed by atoms with Crippen molar-refractivity contribution in [3.63, 3.8) is 0 Å². The molecule has 0 bridgehead atoms. The molecule has 19 heteroatoms. The number of carbonyl (C=O) groups excluding carboxylic acids is 6. The van der Waals surface area contributed by atoms with E-state index in [0.717, 1.165) is 36.2 Å². The van der Waals surface area contributed by atoms with Crippen molar-refractivity contribution in [1.29, 1.82) is 0 Å². The van der Waals surface area contributed by atoms with Gasteiger partial charge in [-0.05, 0) is 36.1 Å². The molecular weight excluding hydrogens is 693 g/mol. The summed E-state index contributed by atoms with van der Waals surface area (Å²) >= 11 is 0. The Bertz CT molecular complexity index is 1500. The van der Waals surface area contributed by atoms with Crippen LogP contribution >= 0.6 is 7.82 Å². The highest BCUT2D eigenvalue weighted by Gasteiger charge is 2.29. The molecule has 18 nitrogen and oxygen atoms in total. The van der Waals surface area contributed by atoms with Gasteiger partial charge >= 0.3 is 7.82 Å². The van der Waals surface area contributed by atoms with Crippen LogP contribution in [0.1, 0.15) is 52.5 Å². The Labute approximate surface area is 295 Å². The number of carbonyl (C=O) groups is 6. The Hall–Kier alpha value is -4.51. The predicted molar refractivity (Wildman–Crippen MR) is 182 cm³/mol. The lowest BCUT2D eigenvalue weighted by Gasteiger charge is -2.24. The Morgan fingerprint density at radius 3 is 2.43 bits per heavy atom. The number of benzene rings is 1. The molecule has 4 amide bonds. The molecule has 0 aliphatic heterocycles. The van der Waals surface area contributed by atoms with E-state index >= 15 is 0 Å². The van der Waals surface area contributed by atoms with Crippen molar-refractivity contribution in [2.75, 3.05) is 39.5 Å². The van der Waals surface area contributed by atoms with Gasteiger partial charge in [-0.25, -0.2) is 4.57 Å². The molecule has 0 radical (unpaired) electrons. The standard InChI is InChI=1S/C32H48N5O13P/c1-5-7-11-47-24-8-9-27-26(14-24)23(15-34-27)13-29(41)37-30(21(3)6-2)32(43)33-10-12-49-51(44,45)50-18-28(36-22(4)40)31(42)35-16-25(48-20-39)17-46-19-38/h8-9,14-15,19-21,25,28,30,34H,5-7,10-13,16-18H2,1-4H3,(H,33,43)(H,35,42)(H,36,40)(H,37,41)(H,44,45)/t21-,25-,28-,30-/m0/s1. The third-order valence-electron chi connectivity index (χ3n) is 7.52. The van der Waals surface area contributed by atoms with Crippen molar-refractivity contribution >= 4 is 55.3 Å². The van der Waals surface area contributed by atoms with Crippen LogP contribution in [0.3, 0.4) is 0 Å². The first-order valence-electron chi connectivity index (χ1n) is 16.4. The van der Waals surface area contributed by atoms with Gasteiger partial charge in [-0.2, -0.15) is 0 Å². The van der Waals surface area contributed by atoms with Crippen molar-refractivity contribution in [1.82, 2.24) is 26.3 Å². The second kappa shape index (κ2) is 22.3. The largest absolute Gasteiger partial charge is 0.494 e. The number of H-pyrrole nitrogens is 1. The van der Waals surface area contributed by atoms with Crippen LogP contribution < -0.4 is 26.0 Å². The fourth-order valence-electron chi connectivity index (χ4n) is 4.62. The SMILES string of the molecule is CCCCOc1ccc2[nH]cc(CC(=O)N[C@H](C(=O)NCCOP(=O)(O)OC[C@H](NC(C)=O)C(=O)NC[C@@H](COC=O)OC=O)[C@@H](C)CC)c2c1. The van der Waals surface area contributed by atoms with Crippen LogP contribution in [0.5, 0.6) is 5.75 Å². The number of unbranched alkanes of at least 4 members (excludes halogenated alkanes) is 1. The van der Waals surface area contributed by atoms with Crippen molar-refractivity contribution in [2.45, 2.75) is 71.6 Å². The number of fused-ring (bicyclic) bond motifs is 1. The minimum atomic E-state index is -4.78. The smallest absolute Gasteiger partial charge is 0.472 e. The summed E-state index contributed by atoms with van der Waals surface area (Å²) in [6, 6.07) is 3.25. The maximum Gasteiger partial charge on any atom is 0.472 e. The minimum absolute atomic E-state index is 0.00591. The first-order valence-corrected chi connectivity index (χ1v) is 17.9. The zero-order chi connectivity index (χ0) is 37.8. The molecule has 5 atom stereocenters. The van der Waals surface area contributed by atoms with E-state index in [4.69, 9.17) is 13.8 Å². The van der Waals surface area contributed by atoms with Crippen molar-refractivity contribution < 1.29 is 61.5 Å². The summed E-state index contributed by atoms with van der Waals surface area (Å²) in [6.07, 6.45) is 3.21. The lowest BCUT2D eigenvalue weighted by Crippen LogP contribution is -2.51. The minimum Gasteiger partial charge on any atom is -0.494 e. The van der Waals surface area contributed by atoms with E-state index in [0.29, 0.717) is 18.8 Å². The highest BCUT2D eigenvalue weighted by atomic mass is 31.2. The van der Waals surface area contributed by atoms with E-state index in [9.17, 15) is 38.2 Å². The first kappa shape index (κ1) is 42.7. The monoisotopic (exact) mass is 741 g/mol. The molecule has 6 N–H and O–H groups in total. The number of hydrogen-bond acceptors (Lipinski definition) is 12. The van der Waals surface area contributed by atoms with Crippen LogP contribution in [0, 0.1) is 5.92 Å². The molecule has 0 saturated carbocycles. The molecule has 2 aromatic rings. The molecule has 2 rings (SSSR count). The summed E-state index contributed by atoms with van der Waals surface area (Å²) in [4.78, 5) is 84.7. The fraction of sp³-hybridized carbons (Fsp3) is 0.562. The highest BCUT2D eigenvalue weighted by molar-refractivity contribution is 7.47. The fourth-order valence-corrected chi connectivity index (χ4v) is 5.35. The summed E-state index contributed by atoms with van der Waals surface area (Å²) in [5.41, 5.74) is 1.57. The Morgan fingerprint density at radius 1 is 1.00 bits per heavy atom. The Kier molecular flexibility index (Phi) is 18.7. The number of amides is 4. The van der Waals surface area contributed by atoms with E-state index in [1.165, 1.54) is 0 Å². The third-order valence-corrected chi connectivity index (χ3v) is 8.51. The Balaban J connectivity index is 1.90. The van der Waals surface area contributed by atoms with E-state index in [1.807, 2.05) is 25.1 Å². The Morgan fingerprint density at radius 2 is 1.76 bits per heavy atom. The second-order valence-corrected chi connectivity index (χ2v) is 13.0. The van der Waals surface area contributed by atoms with Crippen LogP contribution in [-0.4, -0.2) is 104 Å². The molecule has 0 saturated heterocycles. The number of hydrogen-bond donors (Lipinski definition) is 6. The van der Waals surface area contributed by atoms with Gasteiger partial charge in [0.05, 0.1) is 32.8 Å². The molecule has 1 unspecified atom stereocenters. The zero-order valence-electron chi connectivity index (χ0n) is 29.1. The molecule has 51 heavy (non-hydrogen) atoms. The van der Waals surface area contributed by atoms with Gasteiger partial charge in [0, 0.05) is 30.6 Å². The van der Waals surface area contributed by atoms with Crippen LogP contribution in [0.25, 0.3) is 10.9 Å². The van der Waals surface area contributed by atoms with Gasteiger partial charge in [0.15, 0.2) is 6.10 Å². The van der Waals surface area contributed by atoms with Crippen molar-refractivity contribution in [3.05, 3.63) is 30.0 Å². The average molecular weight is 742 g/mol. The number of rotatable bonds is 26. The molecule has 284 valence electrons. The molecule has 0 spiro atoms. The van der Waals surface area contributed by atoms with Gasteiger partial charge < -0.3 is 45.4 Å². The van der Waals surface area contributed by atoms with Gasteiger partial charge in [0.25, 0.3) is 12.9 Å². The maximum atomic E-state index is 13.1.